The van der Waals surface area contributed by atoms with Crippen LogP contribution in [0.2, 0.25) is 0 Å². The van der Waals surface area contributed by atoms with E-state index in [2.05, 4.69) is 0 Å². The number of nitrogens with zero attached hydrogens (tertiary/aromatic N) is 2. The van der Waals surface area contributed by atoms with Gasteiger partial charge in [-0.05, 0) is 30.4 Å². The number of benzene rings is 1. The summed E-state index contributed by atoms with van der Waals surface area (Å²) in [5.41, 5.74) is 0.736. The van der Waals surface area contributed by atoms with Crippen molar-refractivity contribution in [3.05, 3.63) is 29.8 Å². The van der Waals surface area contributed by atoms with Crippen molar-refractivity contribution in [2.45, 2.75) is 49.9 Å². The summed E-state index contributed by atoms with van der Waals surface area (Å²) >= 11 is 0. The van der Waals surface area contributed by atoms with E-state index in [9.17, 15) is 22.8 Å². The summed E-state index contributed by atoms with van der Waals surface area (Å²) < 4.78 is 46.2. The Balaban J connectivity index is 1.61. The fourth-order valence-corrected chi connectivity index (χ4v) is 7.13. The van der Waals surface area contributed by atoms with E-state index in [0.29, 0.717) is 30.7 Å². The Bertz CT molecular complexity index is 1010. The van der Waals surface area contributed by atoms with Gasteiger partial charge in [0, 0.05) is 18.4 Å². The second kappa shape index (κ2) is 5.02. The summed E-state index contributed by atoms with van der Waals surface area (Å²) in [6.45, 7) is 1.88. The van der Waals surface area contributed by atoms with Crippen molar-refractivity contribution < 1.29 is 27.5 Å². The number of rotatable bonds is 1. The number of hydrogen-bond donors (Lipinski definition) is 0. The first kappa shape index (κ1) is 17.5. The van der Waals surface area contributed by atoms with Gasteiger partial charge in [0.15, 0.2) is 0 Å². The van der Waals surface area contributed by atoms with Gasteiger partial charge >= 0.3 is 18.1 Å². The highest BCUT2D eigenvalue weighted by Crippen LogP contribution is 2.69. The number of halogens is 3. The van der Waals surface area contributed by atoms with Crippen molar-refractivity contribution in [1.29, 1.82) is 0 Å². The van der Waals surface area contributed by atoms with Gasteiger partial charge in [-0.3, -0.25) is 14.6 Å². The number of piperidine rings is 1. The maximum absolute atomic E-state index is 13.5. The number of likely N-dealkylation sites (tertiary alicyclic amines) is 1. The minimum atomic E-state index is -4.95. The molecule has 6 atom stereocenters. The molecule has 3 saturated heterocycles. The minimum Gasteiger partial charge on any atom is -0.461 e. The van der Waals surface area contributed by atoms with Crippen LogP contribution in [0.15, 0.2) is 29.3 Å². The van der Waals surface area contributed by atoms with Crippen LogP contribution in [0.5, 0.6) is 0 Å². The molecule has 6 aliphatic rings. The average molecular weight is 404 g/mol. The van der Waals surface area contributed by atoms with Crippen LogP contribution in [-0.4, -0.2) is 47.4 Å². The highest BCUT2D eigenvalue weighted by Gasteiger charge is 2.77. The van der Waals surface area contributed by atoms with Crippen molar-refractivity contribution in [3.63, 3.8) is 0 Å². The third-order valence-electron chi connectivity index (χ3n) is 8.21. The topological polar surface area (TPSA) is 59.0 Å². The monoisotopic (exact) mass is 404 g/mol. The molecule has 7 rings (SSSR count). The van der Waals surface area contributed by atoms with Gasteiger partial charge in [-0.25, -0.2) is 0 Å². The first-order valence-electron chi connectivity index (χ1n) is 10.0. The van der Waals surface area contributed by atoms with Crippen LogP contribution >= 0.6 is 0 Å². The van der Waals surface area contributed by atoms with E-state index in [0.717, 1.165) is 10.5 Å². The molecule has 0 N–H and O–H groups in total. The number of amides is 1. The molecule has 5 bridgehead atoms. The molecular formula is C21H19F3N2O3. The third kappa shape index (κ3) is 1.78. The Kier molecular flexibility index (Phi) is 3.03. The maximum Gasteiger partial charge on any atom is 0.471 e. The van der Waals surface area contributed by atoms with Crippen LogP contribution < -0.4 is 0 Å². The number of ether oxygens (including phenoxy) is 1. The molecule has 8 heteroatoms. The Labute approximate surface area is 164 Å². The van der Waals surface area contributed by atoms with Gasteiger partial charge in [-0.2, -0.15) is 13.2 Å². The van der Waals surface area contributed by atoms with Gasteiger partial charge < -0.3 is 9.64 Å². The molecule has 1 spiro atoms. The van der Waals surface area contributed by atoms with Crippen molar-refractivity contribution in [2.75, 3.05) is 6.54 Å². The molecule has 5 nitrogen and oxygen atoms in total. The normalized spacial score (nSPS) is 41.0. The summed E-state index contributed by atoms with van der Waals surface area (Å²) in [6.07, 6.45) is -4.04. The standard InChI is InChI=1S/C21H19F3N2O3/c1-2-19-9-26(18(28)21(22,23)24)13-7-11(19)15-17(27)29-14(19)8-20(15)10-5-3-4-6-12(10)25-16(13)20/h3-6,11,13-15H,2,7-9H2,1H3/t11-,13+,14-,15+,19-,20+/m1/s1. The van der Waals surface area contributed by atoms with E-state index in [-0.39, 0.29) is 18.4 Å². The van der Waals surface area contributed by atoms with Crippen molar-refractivity contribution in [1.82, 2.24) is 4.90 Å². The zero-order valence-corrected chi connectivity index (χ0v) is 15.7. The number of para-hydroxylation sites is 1. The van der Waals surface area contributed by atoms with Gasteiger partial charge in [-0.1, -0.05) is 25.1 Å². The highest BCUT2D eigenvalue weighted by molar-refractivity contribution is 6.11. The Morgan fingerprint density at radius 2 is 2.10 bits per heavy atom. The van der Waals surface area contributed by atoms with Crippen LogP contribution in [0.25, 0.3) is 0 Å². The first-order valence-corrected chi connectivity index (χ1v) is 10.0. The molecule has 29 heavy (non-hydrogen) atoms. The number of carbonyl (C=O) groups is 2. The molecule has 2 aliphatic carbocycles. The Hall–Kier alpha value is -2.38. The fraction of sp³-hybridized carbons (Fsp3) is 0.571. The number of carbonyl (C=O) groups excluding carboxylic acids is 2. The van der Waals surface area contributed by atoms with Gasteiger partial charge in [-0.15, -0.1) is 0 Å². The van der Waals surface area contributed by atoms with Crippen molar-refractivity contribution in [2.24, 2.45) is 22.2 Å². The molecule has 1 aromatic carbocycles. The SMILES string of the molecule is CC[C@@]12CN(C(=O)C(F)(F)F)[C@H]3C[C@@H]1[C@H]1C(=O)O[C@@H]2C[C@@]12C3=Nc1ccccc12. The zero-order chi connectivity index (χ0) is 20.3. The number of aliphatic imine (C=N–C) groups is 1. The molecule has 0 radical (unpaired) electrons. The molecule has 0 unspecified atom stereocenters. The fourth-order valence-electron chi connectivity index (χ4n) is 7.13. The highest BCUT2D eigenvalue weighted by atomic mass is 19.4. The Morgan fingerprint density at radius 3 is 2.83 bits per heavy atom. The lowest BCUT2D eigenvalue weighted by Gasteiger charge is -2.69. The molecule has 0 aromatic heterocycles. The van der Waals surface area contributed by atoms with E-state index in [1.54, 1.807) is 0 Å². The van der Waals surface area contributed by atoms with Crippen LogP contribution in [-0.2, 0) is 19.7 Å². The summed E-state index contributed by atoms with van der Waals surface area (Å²) in [5.74, 6) is -2.65. The molecule has 4 aliphatic heterocycles. The maximum atomic E-state index is 13.5. The van der Waals surface area contributed by atoms with Gasteiger partial charge in [0.2, 0.25) is 0 Å². The minimum absolute atomic E-state index is 0.0446. The number of alkyl halides is 3. The van der Waals surface area contributed by atoms with E-state index >= 15 is 0 Å². The van der Waals surface area contributed by atoms with Crippen LogP contribution in [0.1, 0.15) is 31.7 Å². The van der Waals surface area contributed by atoms with Gasteiger partial charge in [0.1, 0.15) is 6.10 Å². The second-order valence-electron chi connectivity index (χ2n) is 8.97. The zero-order valence-electron chi connectivity index (χ0n) is 15.7. The largest absolute Gasteiger partial charge is 0.471 e. The van der Waals surface area contributed by atoms with E-state index in [4.69, 9.17) is 9.73 Å². The lowest BCUT2D eigenvalue weighted by atomic mass is 9.40. The molecule has 5 fully saturated rings. The van der Waals surface area contributed by atoms with Crippen molar-refractivity contribution >= 4 is 23.3 Å². The smallest absolute Gasteiger partial charge is 0.461 e. The number of fused-ring (bicyclic) bond motifs is 4. The average Bonchev–Trinajstić information content (AvgIpc) is 3.00. The molecule has 2 saturated carbocycles. The summed E-state index contributed by atoms with van der Waals surface area (Å²) in [4.78, 5) is 31.1. The Morgan fingerprint density at radius 1 is 1.34 bits per heavy atom. The summed E-state index contributed by atoms with van der Waals surface area (Å²) in [6, 6.07) is 6.72. The lowest BCUT2D eigenvalue weighted by molar-refractivity contribution is -0.241. The molecule has 1 amide bonds. The lowest BCUT2D eigenvalue weighted by Crippen LogP contribution is -2.79. The van der Waals surface area contributed by atoms with Crippen LogP contribution in [0, 0.1) is 17.3 Å². The molecular weight excluding hydrogens is 385 g/mol. The quantitative estimate of drug-likeness (QED) is 0.676. The van der Waals surface area contributed by atoms with E-state index in [1.165, 1.54) is 0 Å². The number of hydrogen-bond acceptors (Lipinski definition) is 4. The van der Waals surface area contributed by atoms with E-state index in [1.807, 2.05) is 31.2 Å². The van der Waals surface area contributed by atoms with Crippen LogP contribution in [0.4, 0.5) is 18.9 Å². The van der Waals surface area contributed by atoms with Crippen molar-refractivity contribution in [3.8, 4) is 0 Å². The molecule has 1 aromatic rings. The van der Waals surface area contributed by atoms with Crippen LogP contribution in [0.3, 0.4) is 0 Å². The second-order valence-corrected chi connectivity index (χ2v) is 8.97. The van der Waals surface area contributed by atoms with Gasteiger partial charge in [0.25, 0.3) is 0 Å². The first-order chi connectivity index (χ1) is 13.7. The predicted octanol–water partition coefficient (Wildman–Crippen LogP) is 3.15. The summed E-state index contributed by atoms with van der Waals surface area (Å²) in [7, 11) is 0. The number of esters is 1. The molecule has 152 valence electrons. The van der Waals surface area contributed by atoms with Gasteiger partial charge in [0.05, 0.1) is 28.8 Å². The van der Waals surface area contributed by atoms with E-state index < -0.39 is 41.0 Å². The summed E-state index contributed by atoms with van der Waals surface area (Å²) in [5, 5.41) is 0. The predicted molar refractivity (Wildman–Crippen MR) is 95.6 cm³/mol. The molecule has 4 heterocycles. The third-order valence-corrected chi connectivity index (χ3v) is 8.21.